The molecule has 13 heteroatoms. The Kier molecular flexibility index (Phi) is 8.77. The molecule has 50 heavy (non-hydrogen) atoms. The monoisotopic (exact) mass is 687 g/mol. The van der Waals surface area contributed by atoms with Gasteiger partial charge in [0.05, 0.1) is 46.9 Å². The number of imidazole rings is 2. The van der Waals surface area contributed by atoms with Crippen LogP contribution in [0.2, 0.25) is 0 Å². The average Bonchev–Trinajstić information content (AvgIpc) is 3.53. The lowest BCUT2D eigenvalue weighted by Crippen LogP contribution is -2.50. The van der Waals surface area contributed by atoms with Gasteiger partial charge in [0.2, 0.25) is 5.95 Å². The van der Waals surface area contributed by atoms with E-state index in [-0.39, 0.29) is 18.5 Å². The summed E-state index contributed by atoms with van der Waals surface area (Å²) in [5.41, 5.74) is 4.26. The summed E-state index contributed by atoms with van der Waals surface area (Å²) in [4.78, 5) is 36.4. The molecule has 2 atom stereocenters. The van der Waals surface area contributed by atoms with Gasteiger partial charge in [-0.2, -0.15) is 4.39 Å². The average molecular weight is 688 g/mol. The maximum absolute atomic E-state index is 14.0. The van der Waals surface area contributed by atoms with E-state index in [1.165, 1.54) is 12.5 Å². The Labute approximate surface area is 289 Å². The van der Waals surface area contributed by atoms with Gasteiger partial charge in [0.1, 0.15) is 24.6 Å². The molecule has 0 saturated heterocycles. The van der Waals surface area contributed by atoms with Crippen molar-refractivity contribution < 1.29 is 27.8 Å². The summed E-state index contributed by atoms with van der Waals surface area (Å²) in [6, 6.07) is 11.0. The molecule has 2 amide bonds. The van der Waals surface area contributed by atoms with Crippen LogP contribution < -0.4 is 10.1 Å². The lowest BCUT2D eigenvalue weighted by molar-refractivity contribution is 0.0466. The van der Waals surface area contributed by atoms with E-state index in [9.17, 15) is 18.4 Å². The highest BCUT2D eigenvalue weighted by molar-refractivity contribution is 6.01. The van der Waals surface area contributed by atoms with E-state index in [1.54, 1.807) is 30.2 Å². The van der Waals surface area contributed by atoms with Gasteiger partial charge >= 0.3 is 6.09 Å². The van der Waals surface area contributed by atoms with Crippen molar-refractivity contribution in [3.05, 3.63) is 66.0 Å². The van der Waals surface area contributed by atoms with Crippen LogP contribution in [0.15, 0.2) is 48.9 Å². The Balaban J connectivity index is 1.18. The van der Waals surface area contributed by atoms with E-state index in [0.29, 0.717) is 36.6 Å². The van der Waals surface area contributed by atoms with Gasteiger partial charge in [0.15, 0.2) is 5.82 Å². The molecule has 0 bridgehead atoms. The van der Waals surface area contributed by atoms with Crippen molar-refractivity contribution in [2.45, 2.75) is 71.2 Å². The predicted molar refractivity (Wildman–Crippen MR) is 186 cm³/mol. The number of carbonyl (C=O) groups excluding carboxylic acids is 2. The molecule has 4 heterocycles. The zero-order valence-electron chi connectivity index (χ0n) is 29.1. The number of rotatable bonds is 11. The number of benzene rings is 2. The van der Waals surface area contributed by atoms with Crippen molar-refractivity contribution in [2.75, 3.05) is 26.4 Å². The molecule has 0 radical (unpaired) electrons. The second-order valence-corrected chi connectivity index (χ2v) is 14.6. The number of nitrogens with zero attached hydrogens (tertiary/aromatic N) is 6. The van der Waals surface area contributed by atoms with E-state index in [1.807, 2.05) is 38.2 Å². The van der Waals surface area contributed by atoms with Crippen molar-refractivity contribution in [2.24, 2.45) is 13.0 Å². The number of ether oxygens (including phenoxy) is 2. The number of halogens is 2. The number of carbonyl (C=O) groups is 2. The molecular weight excluding hydrogens is 644 g/mol. The summed E-state index contributed by atoms with van der Waals surface area (Å²) >= 11 is 0. The maximum Gasteiger partial charge on any atom is 0.408 e. The third-order valence-electron chi connectivity index (χ3n) is 9.43. The Morgan fingerprint density at radius 3 is 2.68 bits per heavy atom. The van der Waals surface area contributed by atoms with Crippen LogP contribution in [0.3, 0.4) is 0 Å². The first-order valence-electron chi connectivity index (χ1n) is 17.2. The number of aromatic nitrogens is 5. The second kappa shape index (κ2) is 13.1. The number of amides is 2. The maximum atomic E-state index is 14.0. The van der Waals surface area contributed by atoms with E-state index in [4.69, 9.17) is 14.5 Å². The van der Waals surface area contributed by atoms with Crippen LogP contribution in [0.5, 0.6) is 5.75 Å². The van der Waals surface area contributed by atoms with E-state index < -0.39 is 30.4 Å². The topological polar surface area (TPSA) is 108 Å². The van der Waals surface area contributed by atoms with Gasteiger partial charge in [-0.05, 0) is 82.7 Å². The van der Waals surface area contributed by atoms with Crippen molar-refractivity contribution >= 4 is 33.9 Å². The Morgan fingerprint density at radius 1 is 1.18 bits per heavy atom. The molecule has 0 spiro atoms. The van der Waals surface area contributed by atoms with Gasteiger partial charge < -0.3 is 33.4 Å². The molecule has 7 rings (SSSR count). The summed E-state index contributed by atoms with van der Waals surface area (Å²) < 4.78 is 45.2. The molecule has 1 fully saturated rings. The summed E-state index contributed by atoms with van der Waals surface area (Å²) in [5, 5.41) is 3.59. The number of alkyl carbamates (subject to hydrolysis) is 1. The van der Waals surface area contributed by atoms with Crippen LogP contribution in [0.4, 0.5) is 13.6 Å². The summed E-state index contributed by atoms with van der Waals surface area (Å²) in [5.74, 6) is 1.34. The van der Waals surface area contributed by atoms with Crippen LogP contribution in [0.1, 0.15) is 62.5 Å². The highest BCUT2D eigenvalue weighted by atomic mass is 19.1. The number of aryl methyl sites for hydroxylation is 1. The molecule has 11 nitrogen and oxygen atoms in total. The zero-order chi connectivity index (χ0) is 35.3. The molecule has 1 N–H and O–H groups in total. The standard InChI is InChI=1S/C37H43F2N7O4/c1-22(45-19-32(39)40-21-45)20-49-31-8-6-7-25-14-30(46(33(25)31)17-23-9-10-23)34-42-28-15-27-24(13-29(28)43(34)5)11-12-44(35(27)47)18-26(16-38)41-36(48)50-37(2,3)4/h6-8,13-15,19,21-23,26H,9-12,16-18,20H2,1-5H3,(H,41,48)/t22-,26-/m1/s1. The minimum atomic E-state index is -0.889. The minimum absolute atomic E-state index is 0.0309. The van der Waals surface area contributed by atoms with E-state index in [0.717, 1.165) is 58.6 Å². The lowest BCUT2D eigenvalue weighted by atomic mass is 9.97. The van der Waals surface area contributed by atoms with Gasteiger partial charge in [-0.3, -0.25) is 4.79 Å². The van der Waals surface area contributed by atoms with Crippen LogP contribution in [-0.4, -0.2) is 78.6 Å². The molecule has 2 aliphatic rings. The highest BCUT2D eigenvalue weighted by Crippen LogP contribution is 2.39. The highest BCUT2D eigenvalue weighted by Gasteiger charge is 2.31. The third-order valence-corrected chi connectivity index (χ3v) is 9.43. The number of nitrogens with one attached hydrogen (secondary N) is 1. The van der Waals surface area contributed by atoms with Gasteiger partial charge in [0.25, 0.3) is 5.91 Å². The molecule has 1 aliphatic heterocycles. The lowest BCUT2D eigenvalue weighted by Gasteiger charge is -2.31. The van der Waals surface area contributed by atoms with Crippen LogP contribution in [-0.2, 0) is 24.8 Å². The molecule has 1 aliphatic carbocycles. The first kappa shape index (κ1) is 33.6. The van der Waals surface area contributed by atoms with Crippen LogP contribution >= 0.6 is 0 Å². The van der Waals surface area contributed by atoms with Crippen LogP contribution in [0.25, 0.3) is 33.5 Å². The smallest absolute Gasteiger partial charge is 0.408 e. The number of hydrogen-bond donors (Lipinski definition) is 1. The van der Waals surface area contributed by atoms with Crippen molar-refractivity contribution in [1.82, 2.24) is 33.9 Å². The van der Waals surface area contributed by atoms with E-state index >= 15 is 0 Å². The van der Waals surface area contributed by atoms with Gasteiger partial charge in [-0.25, -0.2) is 19.2 Å². The van der Waals surface area contributed by atoms with Crippen molar-refractivity contribution in [3.63, 3.8) is 0 Å². The quantitative estimate of drug-likeness (QED) is 0.171. The second-order valence-electron chi connectivity index (χ2n) is 14.6. The number of fused-ring (bicyclic) bond motifs is 3. The van der Waals surface area contributed by atoms with Crippen molar-refractivity contribution in [1.29, 1.82) is 0 Å². The fraction of sp³-hybridized carbons (Fsp3) is 0.459. The first-order chi connectivity index (χ1) is 23.9. The van der Waals surface area contributed by atoms with Crippen molar-refractivity contribution in [3.8, 4) is 17.3 Å². The molecule has 2 aromatic carbocycles. The molecular formula is C37H43F2N7O4. The molecule has 3 aromatic heterocycles. The normalized spacial score (nSPS) is 16.1. The zero-order valence-corrected chi connectivity index (χ0v) is 29.1. The molecule has 5 aromatic rings. The Morgan fingerprint density at radius 2 is 1.98 bits per heavy atom. The Bertz CT molecular complexity index is 2070. The molecule has 1 saturated carbocycles. The molecule has 0 unspecified atom stereocenters. The summed E-state index contributed by atoms with van der Waals surface area (Å²) in [6.45, 7) is 7.93. The Hall–Kier alpha value is -4.94. The number of hydrogen-bond acceptors (Lipinski definition) is 6. The molecule has 264 valence electrons. The third kappa shape index (κ3) is 6.77. The summed E-state index contributed by atoms with van der Waals surface area (Å²) in [6.07, 6.45) is 5.03. The van der Waals surface area contributed by atoms with E-state index in [2.05, 4.69) is 31.6 Å². The van der Waals surface area contributed by atoms with Gasteiger partial charge in [-0.15, -0.1) is 0 Å². The largest absolute Gasteiger partial charge is 0.489 e. The summed E-state index contributed by atoms with van der Waals surface area (Å²) in [7, 11) is 1.99. The minimum Gasteiger partial charge on any atom is -0.489 e. The van der Waals surface area contributed by atoms with Crippen LogP contribution in [0, 0.1) is 11.9 Å². The number of para-hydroxylation sites is 1. The SMILES string of the molecule is C[C@H](COc1cccc2cc(-c3nc4cc5c(cc4n3C)CCN(C[C@@H](CF)NC(=O)OC(C)(C)C)C5=O)n(CC3CC3)c12)n1cnc(F)c1. The van der Waals surface area contributed by atoms with Gasteiger partial charge in [-0.1, -0.05) is 12.1 Å². The first-order valence-corrected chi connectivity index (χ1v) is 17.2. The predicted octanol–water partition coefficient (Wildman–Crippen LogP) is 6.44. The fourth-order valence-corrected chi connectivity index (χ4v) is 6.68. The van der Waals surface area contributed by atoms with Gasteiger partial charge in [0, 0.05) is 37.6 Å². The number of alkyl halides is 1. The fourth-order valence-electron chi connectivity index (χ4n) is 6.68.